The van der Waals surface area contributed by atoms with Crippen molar-refractivity contribution in [3.63, 3.8) is 0 Å². The van der Waals surface area contributed by atoms with Crippen molar-refractivity contribution in [3.8, 4) is 5.75 Å². The molecule has 112 valence electrons. The normalized spacial score (nSPS) is 15.8. The van der Waals surface area contributed by atoms with Crippen LogP contribution in [-0.2, 0) is 17.6 Å². The Balaban J connectivity index is 1.83. The summed E-state index contributed by atoms with van der Waals surface area (Å²) in [6, 6.07) is 6.65. The number of ether oxygens (including phenoxy) is 2. The summed E-state index contributed by atoms with van der Waals surface area (Å²) in [6.07, 6.45) is 2.98. The van der Waals surface area contributed by atoms with Gasteiger partial charge in [0.05, 0.1) is 18.8 Å². The van der Waals surface area contributed by atoms with Crippen LogP contribution < -0.4 is 16.0 Å². The van der Waals surface area contributed by atoms with Crippen LogP contribution in [0.2, 0.25) is 0 Å². The average molecular weight is 278 g/mol. The van der Waals surface area contributed by atoms with Crippen LogP contribution in [0.25, 0.3) is 0 Å². The smallest absolute Gasteiger partial charge is 0.122 e. The summed E-state index contributed by atoms with van der Waals surface area (Å²) < 4.78 is 11.3. The second kappa shape index (κ2) is 6.57. The van der Waals surface area contributed by atoms with E-state index in [4.69, 9.17) is 15.3 Å². The largest absolute Gasteiger partial charge is 0.493 e. The van der Waals surface area contributed by atoms with Crippen molar-refractivity contribution < 1.29 is 9.47 Å². The van der Waals surface area contributed by atoms with Crippen LogP contribution in [0.3, 0.4) is 0 Å². The summed E-state index contributed by atoms with van der Waals surface area (Å²) in [4.78, 5) is 0. The zero-order valence-electron chi connectivity index (χ0n) is 12.7. The van der Waals surface area contributed by atoms with Crippen molar-refractivity contribution in [3.05, 3.63) is 29.3 Å². The second-order valence-corrected chi connectivity index (χ2v) is 6.37. The highest BCUT2D eigenvalue weighted by Crippen LogP contribution is 2.26. The molecule has 20 heavy (non-hydrogen) atoms. The van der Waals surface area contributed by atoms with Gasteiger partial charge < -0.3 is 9.47 Å². The lowest BCUT2D eigenvalue weighted by Crippen LogP contribution is -2.41. The fourth-order valence-corrected chi connectivity index (χ4v) is 2.30. The molecular weight excluding hydrogens is 252 g/mol. The van der Waals surface area contributed by atoms with E-state index in [2.05, 4.69) is 44.4 Å². The molecule has 0 bridgehead atoms. The lowest BCUT2D eigenvalue weighted by atomic mass is 10.0. The first-order valence-electron chi connectivity index (χ1n) is 7.32. The van der Waals surface area contributed by atoms with Crippen LogP contribution in [0.5, 0.6) is 5.75 Å². The average Bonchev–Trinajstić information content (AvgIpc) is 2.85. The van der Waals surface area contributed by atoms with Crippen LogP contribution in [0.1, 0.15) is 38.3 Å². The van der Waals surface area contributed by atoms with Gasteiger partial charge in [0.15, 0.2) is 0 Å². The molecular formula is C16H26N2O2. The summed E-state index contributed by atoms with van der Waals surface area (Å²) in [5.74, 6) is 6.65. The molecule has 0 saturated heterocycles. The third-order valence-electron chi connectivity index (χ3n) is 3.49. The maximum absolute atomic E-state index is 5.78. The van der Waals surface area contributed by atoms with E-state index >= 15 is 0 Å². The van der Waals surface area contributed by atoms with Crippen molar-refractivity contribution in [1.82, 2.24) is 5.43 Å². The van der Waals surface area contributed by atoms with Gasteiger partial charge in [0.1, 0.15) is 5.75 Å². The predicted octanol–water partition coefficient (Wildman–Crippen LogP) is 2.20. The molecule has 1 aromatic carbocycles. The van der Waals surface area contributed by atoms with Crippen molar-refractivity contribution in [1.29, 1.82) is 0 Å². The molecule has 0 amide bonds. The van der Waals surface area contributed by atoms with Gasteiger partial charge in [0, 0.05) is 12.5 Å². The molecule has 3 N–H and O–H groups in total. The molecule has 0 saturated carbocycles. The first-order chi connectivity index (χ1) is 9.48. The highest BCUT2D eigenvalue weighted by molar-refractivity contribution is 5.39. The number of hydrogen-bond donors (Lipinski definition) is 2. The monoisotopic (exact) mass is 278 g/mol. The van der Waals surface area contributed by atoms with Crippen LogP contribution in [0.4, 0.5) is 0 Å². The van der Waals surface area contributed by atoms with Gasteiger partial charge in [-0.1, -0.05) is 12.1 Å². The molecule has 2 rings (SSSR count). The summed E-state index contributed by atoms with van der Waals surface area (Å²) in [7, 11) is 0. The zero-order valence-corrected chi connectivity index (χ0v) is 12.7. The number of benzene rings is 1. The number of nitrogens with one attached hydrogen (secondary N) is 1. The van der Waals surface area contributed by atoms with Crippen LogP contribution in [-0.4, -0.2) is 24.9 Å². The van der Waals surface area contributed by atoms with Crippen LogP contribution >= 0.6 is 0 Å². The number of nitrogens with two attached hydrogens (primary N) is 1. The Hall–Kier alpha value is -1.10. The van der Waals surface area contributed by atoms with Crippen molar-refractivity contribution >= 4 is 0 Å². The van der Waals surface area contributed by atoms with E-state index in [9.17, 15) is 0 Å². The van der Waals surface area contributed by atoms with Gasteiger partial charge in [-0.2, -0.15) is 0 Å². The first kappa shape index (κ1) is 15.3. The van der Waals surface area contributed by atoms with Crippen molar-refractivity contribution in [2.45, 2.75) is 51.7 Å². The quantitative estimate of drug-likeness (QED) is 0.619. The molecule has 1 unspecified atom stereocenters. The van der Waals surface area contributed by atoms with E-state index < -0.39 is 0 Å². The minimum absolute atomic E-state index is 0.125. The lowest BCUT2D eigenvalue weighted by Gasteiger charge is -2.24. The molecule has 1 aromatic rings. The minimum atomic E-state index is -0.125. The van der Waals surface area contributed by atoms with Crippen molar-refractivity contribution in [2.24, 2.45) is 5.84 Å². The van der Waals surface area contributed by atoms with E-state index in [1.54, 1.807) is 0 Å². The van der Waals surface area contributed by atoms with E-state index in [0.29, 0.717) is 6.61 Å². The molecule has 1 heterocycles. The lowest BCUT2D eigenvalue weighted by molar-refractivity contribution is -0.0153. The zero-order chi connectivity index (χ0) is 14.6. The molecule has 0 spiro atoms. The Morgan fingerprint density at radius 2 is 2.20 bits per heavy atom. The van der Waals surface area contributed by atoms with Crippen molar-refractivity contribution in [2.75, 3.05) is 13.2 Å². The molecule has 4 nitrogen and oxygen atoms in total. The highest BCUT2D eigenvalue weighted by atomic mass is 16.5. The number of hydrazine groups is 1. The summed E-state index contributed by atoms with van der Waals surface area (Å²) in [6.45, 7) is 7.61. The van der Waals surface area contributed by atoms with Gasteiger partial charge in [-0.15, -0.1) is 0 Å². The fourth-order valence-electron chi connectivity index (χ4n) is 2.30. The van der Waals surface area contributed by atoms with E-state index in [1.165, 1.54) is 11.1 Å². The van der Waals surface area contributed by atoms with Crippen LogP contribution in [0, 0.1) is 0 Å². The van der Waals surface area contributed by atoms with Gasteiger partial charge in [-0.05, 0) is 50.8 Å². The third kappa shape index (κ3) is 4.47. The second-order valence-electron chi connectivity index (χ2n) is 6.37. The molecule has 0 aliphatic carbocycles. The summed E-state index contributed by atoms with van der Waals surface area (Å²) >= 11 is 0. The van der Waals surface area contributed by atoms with Gasteiger partial charge in [0.25, 0.3) is 0 Å². The predicted molar refractivity (Wildman–Crippen MR) is 80.8 cm³/mol. The van der Waals surface area contributed by atoms with Gasteiger partial charge in [-0.25, -0.2) is 0 Å². The van der Waals surface area contributed by atoms with Gasteiger partial charge in [-0.3, -0.25) is 11.3 Å². The Labute approximate surface area is 121 Å². The highest BCUT2D eigenvalue weighted by Gasteiger charge is 2.16. The Morgan fingerprint density at radius 3 is 2.90 bits per heavy atom. The molecule has 1 aliphatic rings. The summed E-state index contributed by atoms with van der Waals surface area (Å²) in [5.41, 5.74) is 5.39. The first-order valence-corrected chi connectivity index (χ1v) is 7.32. The maximum atomic E-state index is 5.78. The molecule has 1 aliphatic heterocycles. The van der Waals surface area contributed by atoms with E-state index in [1.807, 2.05) is 0 Å². The number of aryl methyl sites for hydroxylation is 1. The SMILES string of the molecule is CC(C)(C)OCC(CCc1ccc2c(c1)CCO2)NN. The molecule has 4 heteroatoms. The number of rotatable bonds is 6. The Bertz CT molecular complexity index is 441. The molecule has 1 atom stereocenters. The molecule has 0 fully saturated rings. The standard InChI is InChI=1S/C16H26N2O2/c1-16(2,3)20-11-14(18-17)6-4-12-5-7-15-13(10-12)8-9-19-15/h5,7,10,14,18H,4,6,8-9,11,17H2,1-3H3. The van der Waals surface area contributed by atoms with Gasteiger partial charge in [0.2, 0.25) is 0 Å². The Morgan fingerprint density at radius 1 is 1.40 bits per heavy atom. The van der Waals surface area contributed by atoms with Crippen LogP contribution in [0.15, 0.2) is 18.2 Å². The number of hydrogen-bond acceptors (Lipinski definition) is 4. The van der Waals surface area contributed by atoms with E-state index in [-0.39, 0.29) is 11.6 Å². The third-order valence-corrected chi connectivity index (χ3v) is 3.49. The molecule has 0 radical (unpaired) electrons. The maximum Gasteiger partial charge on any atom is 0.122 e. The fraction of sp³-hybridized carbons (Fsp3) is 0.625. The number of fused-ring (bicyclic) bond motifs is 1. The minimum Gasteiger partial charge on any atom is -0.493 e. The Kier molecular flexibility index (Phi) is 5.02. The molecule has 0 aromatic heterocycles. The van der Waals surface area contributed by atoms with E-state index in [0.717, 1.165) is 31.6 Å². The summed E-state index contributed by atoms with van der Waals surface area (Å²) in [5, 5.41) is 0. The topological polar surface area (TPSA) is 56.5 Å². The van der Waals surface area contributed by atoms with Gasteiger partial charge >= 0.3 is 0 Å².